The van der Waals surface area contributed by atoms with E-state index in [1.165, 1.54) is 54.9 Å². The summed E-state index contributed by atoms with van der Waals surface area (Å²) in [5.41, 5.74) is 2.39. The van der Waals surface area contributed by atoms with Gasteiger partial charge in [-0.15, -0.1) is 0 Å². The number of nitrogens with zero attached hydrogens (tertiary/aromatic N) is 3. The zero-order valence-corrected chi connectivity index (χ0v) is 22.5. The molecule has 0 unspecified atom stereocenters. The van der Waals surface area contributed by atoms with Crippen LogP contribution in [0.5, 0.6) is 5.75 Å². The van der Waals surface area contributed by atoms with Crippen molar-refractivity contribution in [2.75, 3.05) is 32.6 Å². The lowest BCUT2D eigenvalue weighted by Gasteiger charge is -2.28. The van der Waals surface area contributed by atoms with E-state index < -0.39 is 0 Å². The Balaban J connectivity index is 1.07. The van der Waals surface area contributed by atoms with Crippen LogP contribution in [0.2, 0.25) is 0 Å². The first-order valence-corrected chi connectivity index (χ1v) is 13.8. The molecule has 1 aliphatic carbocycles. The average molecular weight is 497 g/mol. The van der Waals surface area contributed by atoms with Crippen LogP contribution in [0.3, 0.4) is 0 Å². The van der Waals surface area contributed by atoms with E-state index in [-0.39, 0.29) is 0 Å². The molecule has 1 heterocycles. The molecule has 0 bridgehead atoms. The van der Waals surface area contributed by atoms with Crippen molar-refractivity contribution in [2.24, 2.45) is 11.8 Å². The summed E-state index contributed by atoms with van der Waals surface area (Å²) in [7, 11) is 5.87. The van der Waals surface area contributed by atoms with Gasteiger partial charge in [-0.25, -0.2) is 9.97 Å². The SMILES string of the molecule is COc1ccc(CNCC2CCC(CCCc3nc(N(C)C)c4ccccc4n3)CC2)c2ccccc12. The van der Waals surface area contributed by atoms with Crippen molar-refractivity contribution in [3.05, 3.63) is 72.1 Å². The standard InChI is InChI=1S/C32H40N4O/c1-36(2)32-28-12-6-7-13-29(28)34-31(35-32)14-8-9-23-15-17-24(18-16-23)21-33-22-25-19-20-30(37-3)27-11-5-4-10-26(25)27/h4-7,10-13,19-20,23-24,33H,8-9,14-18,21-22H2,1-3H3. The van der Waals surface area contributed by atoms with E-state index in [1.54, 1.807) is 7.11 Å². The Labute approximate surface area is 221 Å². The summed E-state index contributed by atoms with van der Waals surface area (Å²) < 4.78 is 5.55. The first-order chi connectivity index (χ1) is 18.1. The Morgan fingerprint density at radius 3 is 2.30 bits per heavy atom. The number of benzene rings is 3. The minimum atomic E-state index is 0.784. The summed E-state index contributed by atoms with van der Waals surface area (Å²) in [6, 6.07) is 21.2. The van der Waals surface area contributed by atoms with E-state index in [0.717, 1.165) is 59.6 Å². The minimum Gasteiger partial charge on any atom is -0.496 e. The summed E-state index contributed by atoms with van der Waals surface area (Å²) in [5.74, 6) is 4.58. The maximum Gasteiger partial charge on any atom is 0.139 e. The van der Waals surface area contributed by atoms with Crippen LogP contribution in [0.1, 0.15) is 49.9 Å². The number of para-hydroxylation sites is 1. The quantitative estimate of drug-likeness (QED) is 0.262. The van der Waals surface area contributed by atoms with Crippen LogP contribution in [-0.2, 0) is 13.0 Å². The Kier molecular flexibility index (Phi) is 8.20. The largest absolute Gasteiger partial charge is 0.496 e. The first-order valence-electron chi connectivity index (χ1n) is 13.8. The second-order valence-corrected chi connectivity index (χ2v) is 10.8. The number of ether oxygens (including phenoxy) is 1. The second kappa shape index (κ2) is 11.9. The normalized spacial score (nSPS) is 17.8. The zero-order valence-electron chi connectivity index (χ0n) is 22.5. The molecule has 37 heavy (non-hydrogen) atoms. The smallest absolute Gasteiger partial charge is 0.139 e. The lowest BCUT2D eigenvalue weighted by atomic mass is 9.80. The van der Waals surface area contributed by atoms with Gasteiger partial charge in [0.2, 0.25) is 0 Å². The Hall–Kier alpha value is -3.18. The van der Waals surface area contributed by atoms with E-state index in [1.807, 2.05) is 0 Å². The van der Waals surface area contributed by atoms with Gasteiger partial charge in [-0.1, -0.05) is 61.7 Å². The topological polar surface area (TPSA) is 50.3 Å². The van der Waals surface area contributed by atoms with Crippen molar-refractivity contribution in [3.63, 3.8) is 0 Å². The third kappa shape index (κ3) is 6.04. The average Bonchev–Trinajstić information content (AvgIpc) is 2.93. The molecule has 0 aliphatic heterocycles. The highest BCUT2D eigenvalue weighted by Crippen LogP contribution is 2.32. The predicted molar refractivity (Wildman–Crippen MR) is 154 cm³/mol. The van der Waals surface area contributed by atoms with Crippen LogP contribution >= 0.6 is 0 Å². The van der Waals surface area contributed by atoms with Crippen molar-refractivity contribution in [1.29, 1.82) is 0 Å². The van der Waals surface area contributed by atoms with Gasteiger partial charge < -0.3 is 15.0 Å². The number of hydrogen-bond donors (Lipinski definition) is 1. The van der Waals surface area contributed by atoms with Crippen molar-refractivity contribution < 1.29 is 4.74 Å². The molecule has 194 valence electrons. The van der Waals surface area contributed by atoms with Crippen LogP contribution in [0.4, 0.5) is 5.82 Å². The molecule has 0 saturated heterocycles. The third-order valence-corrected chi connectivity index (χ3v) is 7.97. The van der Waals surface area contributed by atoms with Gasteiger partial charge >= 0.3 is 0 Å². The van der Waals surface area contributed by atoms with Gasteiger partial charge in [-0.05, 0) is 66.8 Å². The molecular weight excluding hydrogens is 456 g/mol. The van der Waals surface area contributed by atoms with Crippen molar-refractivity contribution in [2.45, 2.75) is 51.5 Å². The highest BCUT2D eigenvalue weighted by atomic mass is 16.5. The molecule has 5 rings (SSSR count). The third-order valence-electron chi connectivity index (χ3n) is 7.97. The number of aryl methyl sites for hydroxylation is 1. The van der Waals surface area contributed by atoms with E-state index in [2.05, 4.69) is 85.0 Å². The predicted octanol–water partition coefficient (Wildman–Crippen LogP) is 6.78. The monoisotopic (exact) mass is 496 g/mol. The van der Waals surface area contributed by atoms with E-state index in [0.29, 0.717) is 0 Å². The molecule has 0 amide bonds. The zero-order chi connectivity index (χ0) is 25.6. The number of hydrogen-bond acceptors (Lipinski definition) is 5. The molecule has 0 spiro atoms. The fraction of sp³-hybridized carbons (Fsp3) is 0.438. The van der Waals surface area contributed by atoms with Crippen molar-refractivity contribution in [3.8, 4) is 5.75 Å². The number of fused-ring (bicyclic) bond motifs is 2. The molecular formula is C32H40N4O. The molecule has 1 saturated carbocycles. The summed E-state index contributed by atoms with van der Waals surface area (Å²) in [4.78, 5) is 11.8. The number of methoxy groups -OCH3 is 1. The molecule has 1 aliphatic rings. The van der Waals surface area contributed by atoms with Crippen LogP contribution in [-0.4, -0.2) is 37.7 Å². The first kappa shape index (κ1) is 25.5. The van der Waals surface area contributed by atoms with Gasteiger partial charge in [-0.2, -0.15) is 0 Å². The Morgan fingerprint density at radius 2 is 1.54 bits per heavy atom. The number of nitrogens with one attached hydrogen (secondary N) is 1. The van der Waals surface area contributed by atoms with E-state index in [9.17, 15) is 0 Å². The van der Waals surface area contributed by atoms with Crippen LogP contribution < -0.4 is 15.0 Å². The van der Waals surface area contributed by atoms with Gasteiger partial charge in [0, 0.05) is 37.8 Å². The highest BCUT2D eigenvalue weighted by Gasteiger charge is 2.21. The van der Waals surface area contributed by atoms with Gasteiger partial charge in [-0.3, -0.25) is 0 Å². The molecule has 0 radical (unpaired) electrons. The summed E-state index contributed by atoms with van der Waals surface area (Å²) in [5, 5.41) is 7.35. The summed E-state index contributed by atoms with van der Waals surface area (Å²) in [6.07, 6.45) is 8.77. The molecule has 1 N–H and O–H groups in total. The fourth-order valence-corrected chi connectivity index (χ4v) is 5.91. The summed E-state index contributed by atoms with van der Waals surface area (Å²) >= 11 is 0. The van der Waals surface area contributed by atoms with Crippen molar-refractivity contribution >= 4 is 27.5 Å². The second-order valence-electron chi connectivity index (χ2n) is 10.8. The Morgan fingerprint density at radius 1 is 0.838 bits per heavy atom. The van der Waals surface area contributed by atoms with Crippen LogP contribution in [0, 0.1) is 11.8 Å². The molecule has 0 atom stereocenters. The molecule has 5 heteroatoms. The highest BCUT2D eigenvalue weighted by molar-refractivity contribution is 5.91. The van der Waals surface area contributed by atoms with Gasteiger partial charge in [0.1, 0.15) is 17.4 Å². The van der Waals surface area contributed by atoms with Gasteiger partial charge in [0.05, 0.1) is 12.6 Å². The van der Waals surface area contributed by atoms with Crippen LogP contribution in [0.25, 0.3) is 21.7 Å². The van der Waals surface area contributed by atoms with E-state index in [4.69, 9.17) is 14.7 Å². The minimum absolute atomic E-state index is 0.784. The van der Waals surface area contributed by atoms with E-state index >= 15 is 0 Å². The molecule has 1 fully saturated rings. The molecule has 4 aromatic rings. The lowest BCUT2D eigenvalue weighted by molar-refractivity contribution is 0.254. The van der Waals surface area contributed by atoms with Gasteiger partial charge in [0.15, 0.2) is 0 Å². The van der Waals surface area contributed by atoms with Crippen molar-refractivity contribution in [1.82, 2.24) is 15.3 Å². The maximum absolute atomic E-state index is 5.55. The number of rotatable bonds is 10. The lowest BCUT2D eigenvalue weighted by Crippen LogP contribution is -2.26. The maximum atomic E-state index is 5.55. The van der Waals surface area contributed by atoms with Gasteiger partial charge in [0.25, 0.3) is 0 Å². The molecule has 1 aromatic heterocycles. The number of aromatic nitrogens is 2. The molecule has 5 nitrogen and oxygen atoms in total. The fourth-order valence-electron chi connectivity index (χ4n) is 5.91. The summed E-state index contributed by atoms with van der Waals surface area (Å²) in [6.45, 7) is 2.01. The molecule has 3 aromatic carbocycles. The van der Waals surface area contributed by atoms with Crippen LogP contribution in [0.15, 0.2) is 60.7 Å². The number of anilines is 1. The Bertz CT molecular complexity index is 1330.